The van der Waals surface area contributed by atoms with Gasteiger partial charge in [0.1, 0.15) is 6.04 Å². The molecule has 0 aliphatic heterocycles. The second-order valence-electron chi connectivity index (χ2n) is 3.61. The molecule has 0 saturated heterocycles. The third-order valence-electron chi connectivity index (χ3n) is 2.33. The highest BCUT2D eigenvalue weighted by atomic mass is 16.5. The van der Waals surface area contributed by atoms with Crippen molar-refractivity contribution in [2.75, 3.05) is 21.3 Å². The first-order valence-electron chi connectivity index (χ1n) is 5.36. The molecule has 1 amide bonds. The Kier molecular flexibility index (Phi) is 7.16. The SMILES string of the molecule is COC(=O)C[C@@H](C(=O)OC)[C@@H](NC(C)=O)C(=O)OC. The molecule has 0 radical (unpaired) electrons. The van der Waals surface area contributed by atoms with E-state index in [0.717, 1.165) is 21.3 Å². The maximum absolute atomic E-state index is 11.6. The summed E-state index contributed by atoms with van der Waals surface area (Å²) in [6.07, 6.45) is -0.413. The van der Waals surface area contributed by atoms with Crippen LogP contribution in [-0.4, -0.2) is 51.2 Å². The summed E-state index contributed by atoms with van der Waals surface area (Å²) in [5, 5.41) is 2.25. The zero-order valence-electron chi connectivity index (χ0n) is 11.2. The van der Waals surface area contributed by atoms with E-state index in [-0.39, 0.29) is 0 Å². The normalized spacial score (nSPS) is 12.8. The molecule has 0 aliphatic rings. The fourth-order valence-corrected chi connectivity index (χ4v) is 1.42. The molecule has 2 atom stereocenters. The standard InChI is InChI=1S/C11H17NO7/c1-6(13)12-9(11(16)19-4)7(10(15)18-3)5-8(14)17-2/h7,9H,5H2,1-4H3,(H,12,13)/t7-,9-/m1/s1. The van der Waals surface area contributed by atoms with E-state index in [0.29, 0.717) is 0 Å². The number of methoxy groups -OCH3 is 3. The van der Waals surface area contributed by atoms with Crippen molar-refractivity contribution < 1.29 is 33.4 Å². The number of ether oxygens (including phenoxy) is 3. The van der Waals surface area contributed by atoms with Gasteiger partial charge in [0, 0.05) is 6.92 Å². The number of hydrogen-bond donors (Lipinski definition) is 1. The molecular weight excluding hydrogens is 258 g/mol. The number of esters is 3. The van der Waals surface area contributed by atoms with Crippen molar-refractivity contribution in [2.45, 2.75) is 19.4 Å². The third kappa shape index (κ3) is 5.36. The van der Waals surface area contributed by atoms with Crippen LogP contribution in [0.2, 0.25) is 0 Å². The van der Waals surface area contributed by atoms with Crippen LogP contribution in [0.5, 0.6) is 0 Å². The topological polar surface area (TPSA) is 108 Å². The lowest BCUT2D eigenvalue weighted by Gasteiger charge is -2.22. The molecule has 0 aromatic carbocycles. The summed E-state index contributed by atoms with van der Waals surface area (Å²) in [6.45, 7) is 1.17. The van der Waals surface area contributed by atoms with Gasteiger partial charge in [-0.3, -0.25) is 14.4 Å². The van der Waals surface area contributed by atoms with Crippen LogP contribution >= 0.6 is 0 Å². The lowest BCUT2D eigenvalue weighted by molar-refractivity contribution is -0.159. The quantitative estimate of drug-likeness (QED) is 0.490. The Morgan fingerprint density at radius 2 is 1.47 bits per heavy atom. The molecule has 0 aliphatic carbocycles. The zero-order chi connectivity index (χ0) is 15.0. The van der Waals surface area contributed by atoms with Crippen molar-refractivity contribution in [1.29, 1.82) is 0 Å². The van der Waals surface area contributed by atoms with Crippen LogP contribution in [0.15, 0.2) is 0 Å². The van der Waals surface area contributed by atoms with Crippen LogP contribution < -0.4 is 5.32 Å². The highest BCUT2D eigenvalue weighted by molar-refractivity contribution is 5.90. The Hall–Kier alpha value is -2.12. The van der Waals surface area contributed by atoms with Crippen LogP contribution in [0.1, 0.15) is 13.3 Å². The summed E-state index contributed by atoms with van der Waals surface area (Å²) in [6, 6.07) is -1.31. The Labute approximate surface area is 110 Å². The largest absolute Gasteiger partial charge is 0.469 e. The van der Waals surface area contributed by atoms with Crippen LogP contribution in [0.3, 0.4) is 0 Å². The molecule has 8 nitrogen and oxygen atoms in total. The van der Waals surface area contributed by atoms with Gasteiger partial charge in [-0.1, -0.05) is 0 Å². The number of nitrogens with one attached hydrogen (secondary N) is 1. The predicted octanol–water partition coefficient (Wildman–Crippen LogP) is -0.984. The molecule has 0 aromatic rings. The lowest BCUT2D eigenvalue weighted by Crippen LogP contribution is -2.49. The van der Waals surface area contributed by atoms with E-state index in [1.54, 1.807) is 0 Å². The summed E-state index contributed by atoms with van der Waals surface area (Å²) >= 11 is 0. The highest BCUT2D eigenvalue weighted by Gasteiger charge is 2.38. The van der Waals surface area contributed by atoms with Gasteiger partial charge in [-0.2, -0.15) is 0 Å². The fourth-order valence-electron chi connectivity index (χ4n) is 1.42. The molecule has 0 spiro atoms. The number of rotatable bonds is 6. The Morgan fingerprint density at radius 3 is 1.84 bits per heavy atom. The lowest BCUT2D eigenvalue weighted by atomic mass is 9.96. The van der Waals surface area contributed by atoms with E-state index in [1.807, 2.05) is 0 Å². The summed E-state index contributed by atoms with van der Waals surface area (Å²) in [4.78, 5) is 45.5. The van der Waals surface area contributed by atoms with E-state index >= 15 is 0 Å². The van der Waals surface area contributed by atoms with Gasteiger partial charge >= 0.3 is 17.9 Å². The van der Waals surface area contributed by atoms with Gasteiger partial charge in [0.25, 0.3) is 0 Å². The van der Waals surface area contributed by atoms with Crippen LogP contribution in [-0.2, 0) is 33.4 Å². The van der Waals surface area contributed by atoms with Crippen LogP contribution in [0.4, 0.5) is 0 Å². The molecule has 8 heteroatoms. The first kappa shape index (κ1) is 16.9. The molecule has 0 bridgehead atoms. The first-order chi connectivity index (χ1) is 8.87. The highest BCUT2D eigenvalue weighted by Crippen LogP contribution is 2.14. The van der Waals surface area contributed by atoms with Crippen molar-refractivity contribution >= 4 is 23.8 Å². The van der Waals surface area contributed by atoms with Crippen molar-refractivity contribution in [1.82, 2.24) is 5.32 Å². The van der Waals surface area contributed by atoms with Crippen LogP contribution in [0, 0.1) is 5.92 Å². The second-order valence-corrected chi connectivity index (χ2v) is 3.61. The predicted molar refractivity (Wildman–Crippen MR) is 61.8 cm³/mol. The summed E-state index contributed by atoms with van der Waals surface area (Å²) in [5.41, 5.74) is 0. The summed E-state index contributed by atoms with van der Waals surface area (Å²) in [7, 11) is 3.35. The average molecular weight is 275 g/mol. The minimum Gasteiger partial charge on any atom is -0.469 e. The molecule has 108 valence electrons. The molecule has 0 saturated carbocycles. The smallest absolute Gasteiger partial charge is 0.329 e. The van der Waals surface area contributed by atoms with Crippen molar-refractivity contribution in [2.24, 2.45) is 5.92 Å². The summed E-state index contributed by atoms with van der Waals surface area (Å²) in [5.74, 6) is -4.15. The van der Waals surface area contributed by atoms with E-state index in [9.17, 15) is 19.2 Å². The number of carbonyl (C=O) groups excluding carboxylic acids is 4. The maximum Gasteiger partial charge on any atom is 0.329 e. The van der Waals surface area contributed by atoms with E-state index < -0.39 is 42.2 Å². The van der Waals surface area contributed by atoms with Gasteiger partial charge in [-0.05, 0) is 0 Å². The van der Waals surface area contributed by atoms with E-state index in [2.05, 4.69) is 19.5 Å². The molecule has 0 unspecified atom stereocenters. The molecule has 1 N–H and O–H groups in total. The number of hydrogen-bond acceptors (Lipinski definition) is 7. The third-order valence-corrected chi connectivity index (χ3v) is 2.33. The van der Waals surface area contributed by atoms with E-state index in [1.165, 1.54) is 6.92 Å². The molecule has 0 fully saturated rings. The Morgan fingerprint density at radius 1 is 0.947 bits per heavy atom. The van der Waals surface area contributed by atoms with Gasteiger partial charge in [0.05, 0.1) is 33.7 Å². The van der Waals surface area contributed by atoms with Crippen molar-refractivity contribution in [3.8, 4) is 0 Å². The summed E-state index contributed by atoms with van der Waals surface area (Å²) < 4.78 is 13.4. The molecule has 19 heavy (non-hydrogen) atoms. The zero-order valence-corrected chi connectivity index (χ0v) is 11.2. The van der Waals surface area contributed by atoms with Crippen molar-refractivity contribution in [3.05, 3.63) is 0 Å². The maximum atomic E-state index is 11.6. The van der Waals surface area contributed by atoms with Crippen LogP contribution in [0.25, 0.3) is 0 Å². The number of carbonyl (C=O) groups is 4. The molecule has 0 heterocycles. The molecule has 0 rings (SSSR count). The number of amides is 1. The Balaban J connectivity index is 5.21. The van der Waals surface area contributed by atoms with Gasteiger partial charge in [-0.15, -0.1) is 0 Å². The van der Waals surface area contributed by atoms with Gasteiger partial charge < -0.3 is 19.5 Å². The van der Waals surface area contributed by atoms with Gasteiger partial charge in [0.15, 0.2) is 0 Å². The molecular formula is C11H17NO7. The molecule has 0 aromatic heterocycles. The van der Waals surface area contributed by atoms with E-state index in [4.69, 9.17) is 0 Å². The minimum absolute atomic E-state index is 0.413. The van der Waals surface area contributed by atoms with Gasteiger partial charge in [0.2, 0.25) is 5.91 Å². The average Bonchev–Trinajstić information content (AvgIpc) is 2.40. The monoisotopic (exact) mass is 275 g/mol. The fraction of sp³-hybridized carbons (Fsp3) is 0.636. The van der Waals surface area contributed by atoms with Crippen molar-refractivity contribution in [3.63, 3.8) is 0 Å². The van der Waals surface area contributed by atoms with Gasteiger partial charge in [-0.25, -0.2) is 4.79 Å². The Bertz CT molecular complexity index is 366. The second kappa shape index (κ2) is 8.06. The minimum atomic E-state index is -1.31. The first-order valence-corrected chi connectivity index (χ1v) is 5.36.